The summed E-state index contributed by atoms with van der Waals surface area (Å²) < 4.78 is 7.46. The summed E-state index contributed by atoms with van der Waals surface area (Å²) in [6.07, 6.45) is 1.45. The van der Waals surface area contributed by atoms with Gasteiger partial charge in [0.05, 0.1) is 24.9 Å². The third-order valence-electron chi connectivity index (χ3n) is 7.14. The lowest BCUT2D eigenvalue weighted by Gasteiger charge is -2.14. The third-order valence-corrected chi connectivity index (χ3v) is 7.39. The van der Waals surface area contributed by atoms with Gasteiger partial charge in [0.2, 0.25) is 5.91 Å². The van der Waals surface area contributed by atoms with Crippen molar-refractivity contribution >= 4 is 42.1 Å². The zero-order valence-corrected chi connectivity index (χ0v) is 24.6. The summed E-state index contributed by atoms with van der Waals surface area (Å²) in [6.45, 7) is 2.78. The van der Waals surface area contributed by atoms with Crippen LogP contribution in [0.15, 0.2) is 71.7 Å². The van der Waals surface area contributed by atoms with Gasteiger partial charge in [-0.2, -0.15) is 0 Å². The first-order valence-corrected chi connectivity index (χ1v) is 14.3. The monoisotopic (exact) mass is 597 g/mol. The number of methoxy groups -OCH3 is 1. The van der Waals surface area contributed by atoms with Crippen LogP contribution in [-0.4, -0.2) is 65.0 Å². The fraction of sp³-hybridized carbons (Fsp3) is 0.258. The minimum absolute atomic E-state index is 0.0787. The molecule has 1 aromatic heterocycles. The number of rotatable bonds is 11. The minimum Gasteiger partial charge on any atom is -0.497 e. The van der Waals surface area contributed by atoms with Crippen molar-refractivity contribution in [1.29, 1.82) is 0 Å². The highest BCUT2D eigenvalue weighted by Crippen LogP contribution is 2.34. The summed E-state index contributed by atoms with van der Waals surface area (Å²) in [5.41, 5.74) is 4.26. The molecule has 1 aliphatic heterocycles. The number of halogens is 1. The number of carbonyl (C=O) groups excluding carboxylic acids is 2. The van der Waals surface area contributed by atoms with E-state index >= 15 is 0 Å². The van der Waals surface area contributed by atoms with Gasteiger partial charge in [0, 0.05) is 34.8 Å². The standard InChI is InChI=1S/C31H31BClN6O4/c1-19-37-38-30-26(18-28(40)34-14-3-4-15-35-31(41)21-6-5-7-22(16-21)32-42)36-29(20-8-10-23(33)11-9-20)25-17-24(43-2)12-13-27(25)39(19)30/h5-13,16-17,26,42H,3-4,14-15,18H2,1-2H3,(H,34,40)(H,35,41). The molecule has 4 aromatic rings. The number of carbonyl (C=O) groups is 2. The zero-order chi connectivity index (χ0) is 30.3. The second kappa shape index (κ2) is 13.7. The second-order valence-electron chi connectivity index (χ2n) is 10.1. The summed E-state index contributed by atoms with van der Waals surface area (Å²) in [7, 11) is 2.57. The van der Waals surface area contributed by atoms with Crippen LogP contribution in [0.3, 0.4) is 0 Å². The fourth-order valence-corrected chi connectivity index (χ4v) is 5.09. The van der Waals surface area contributed by atoms with Crippen LogP contribution in [0.1, 0.15) is 58.4 Å². The number of hydrogen-bond acceptors (Lipinski definition) is 7. The number of nitrogens with one attached hydrogen (secondary N) is 2. The summed E-state index contributed by atoms with van der Waals surface area (Å²) in [5.74, 6) is 1.56. The average Bonchev–Trinajstić information content (AvgIpc) is 3.35. The largest absolute Gasteiger partial charge is 0.497 e. The lowest BCUT2D eigenvalue weighted by atomic mass is 9.87. The Morgan fingerprint density at radius 2 is 1.79 bits per heavy atom. The van der Waals surface area contributed by atoms with Crippen LogP contribution in [0, 0.1) is 6.92 Å². The van der Waals surface area contributed by atoms with E-state index in [-0.39, 0.29) is 18.2 Å². The van der Waals surface area contributed by atoms with Gasteiger partial charge in [0.1, 0.15) is 17.6 Å². The first-order chi connectivity index (χ1) is 20.9. The van der Waals surface area contributed by atoms with Gasteiger partial charge >= 0.3 is 7.48 Å². The number of nitrogens with zero attached hydrogens (tertiary/aromatic N) is 4. The predicted molar refractivity (Wildman–Crippen MR) is 166 cm³/mol. The van der Waals surface area contributed by atoms with E-state index in [2.05, 4.69) is 20.8 Å². The second-order valence-corrected chi connectivity index (χ2v) is 10.5. The topological polar surface area (TPSA) is 131 Å². The number of aliphatic imine (C=N–C) groups is 1. The Morgan fingerprint density at radius 1 is 1.02 bits per heavy atom. The van der Waals surface area contributed by atoms with Gasteiger partial charge in [-0.15, -0.1) is 10.2 Å². The Hall–Kier alpha value is -4.48. The molecule has 0 fully saturated rings. The molecule has 3 N–H and O–H groups in total. The van der Waals surface area contributed by atoms with Gasteiger partial charge in [-0.3, -0.25) is 19.1 Å². The van der Waals surface area contributed by atoms with Gasteiger partial charge in [-0.25, -0.2) is 0 Å². The van der Waals surface area contributed by atoms with E-state index in [1.54, 1.807) is 31.4 Å². The van der Waals surface area contributed by atoms with E-state index in [1.165, 1.54) is 0 Å². The number of amides is 2. The molecule has 1 unspecified atom stereocenters. The fourth-order valence-electron chi connectivity index (χ4n) is 4.97. The molecular weight excluding hydrogens is 567 g/mol. The molecule has 0 spiro atoms. The summed E-state index contributed by atoms with van der Waals surface area (Å²) >= 11 is 6.17. The van der Waals surface area contributed by atoms with Gasteiger partial charge < -0.3 is 20.4 Å². The van der Waals surface area contributed by atoms with Gasteiger partial charge in [0.15, 0.2) is 5.82 Å². The van der Waals surface area contributed by atoms with E-state index in [1.807, 2.05) is 54.0 Å². The maximum absolute atomic E-state index is 13.1. The Kier molecular flexibility index (Phi) is 9.53. The Labute approximate surface area is 255 Å². The molecule has 0 saturated carbocycles. The molecule has 219 valence electrons. The molecule has 2 heterocycles. The first-order valence-electron chi connectivity index (χ1n) is 13.9. The Bertz CT molecular complexity index is 1660. The zero-order valence-electron chi connectivity index (χ0n) is 23.9. The van der Waals surface area contributed by atoms with Crippen LogP contribution in [0.25, 0.3) is 5.69 Å². The van der Waals surface area contributed by atoms with Crippen molar-refractivity contribution in [2.24, 2.45) is 4.99 Å². The molecule has 1 aliphatic rings. The molecule has 0 aliphatic carbocycles. The molecule has 1 atom stereocenters. The van der Waals surface area contributed by atoms with Gasteiger partial charge in [-0.05, 0) is 56.2 Å². The molecule has 2 amide bonds. The van der Waals surface area contributed by atoms with Crippen molar-refractivity contribution in [3.63, 3.8) is 0 Å². The van der Waals surface area contributed by atoms with E-state index in [0.29, 0.717) is 65.1 Å². The molecule has 10 nitrogen and oxygen atoms in total. The number of ether oxygens (including phenoxy) is 1. The number of fused-ring (bicyclic) bond motifs is 3. The highest BCUT2D eigenvalue weighted by atomic mass is 35.5. The van der Waals surface area contributed by atoms with Crippen LogP contribution in [0.5, 0.6) is 5.75 Å². The highest BCUT2D eigenvalue weighted by Gasteiger charge is 2.30. The lowest BCUT2D eigenvalue weighted by molar-refractivity contribution is -0.121. The van der Waals surface area contributed by atoms with Crippen LogP contribution in [0.4, 0.5) is 0 Å². The van der Waals surface area contributed by atoms with E-state index < -0.39 is 6.04 Å². The van der Waals surface area contributed by atoms with Crippen molar-refractivity contribution in [3.8, 4) is 11.4 Å². The molecule has 0 bridgehead atoms. The summed E-state index contributed by atoms with van der Waals surface area (Å²) in [5, 5.41) is 24.3. The van der Waals surface area contributed by atoms with Crippen LogP contribution < -0.4 is 20.8 Å². The normalized spacial score (nSPS) is 13.7. The average molecular weight is 598 g/mol. The van der Waals surface area contributed by atoms with Crippen LogP contribution in [-0.2, 0) is 4.79 Å². The molecule has 0 saturated heterocycles. The van der Waals surface area contributed by atoms with Crippen molar-refractivity contribution in [2.75, 3.05) is 20.2 Å². The van der Waals surface area contributed by atoms with Crippen LogP contribution in [0.2, 0.25) is 5.02 Å². The highest BCUT2D eigenvalue weighted by molar-refractivity contribution is 6.45. The van der Waals surface area contributed by atoms with Crippen molar-refractivity contribution < 1.29 is 19.3 Å². The summed E-state index contributed by atoms with van der Waals surface area (Å²) in [6, 6.07) is 19.3. The van der Waals surface area contributed by atoms with E-state index in [9.17, 15) is 9.59 Å². The SMILES string of the molecule is COc1ccc2c(c1)C(c1ccc(Cl)cc1)=NC(CC(=O)NCCCCNC(=O)c1cccc([B]O)c1)c1nnc(C)n1-2. The minimum atomic E-state index is -0.587. The van der Waals surface area contributed by atoms with Crippen molar-refractivity contribution in [3.05, 3.63) is 100 Å². The van der Waals surface area contributed by atoms with Crippen LogP contribution >= 0.6 is 11.6 Å². The van der Waals surface area contributed by atoms with E-state index in [0.717, 1.165) is 24.3 Å². The number of benzene rings is 3. The first kappa shape index (κ1) is 30.0. The molecule has 3 aromatic carbocycles. The molecule has 43 heavy (non-hydrogen) atoms. The molecule has 1 radical (unpaired) electrons. The molecular formula is C31H31BClN6O4. The molecule has 12 heteroatoms. The lowest BCUT2D eigenvalue weighted by Crippen LogP contribution is -2.28. The predicted octanol–water partition coefficient (Wildman–Crippen LogP) is 3.08. The maximum atomic E-state index is 13.1. The Balaban J connectivity index is 1.26. The number of aromatic nitrogens is 3. The van der Waals surface area contributed by atoms with E-state index in [4.69, 9.17) is 26.4 Å². The van der Waals surface area contributed by atoms with Crippen molar-refractivity contribution in [2.45, 2.75) is 32.2 Å². The Morgan fingerprint density at radius 3 is 2.53 bits per heavy atom. The number of aryl methyl sites for hydroxylation is 1. The summed E-state index contributed by atoms with van der Waals surface area (Å²) in [4.78, 5) is 30.5. The third kappa shape index (κ3) is 6.95. The molecule has 5 rings (SSSR count). The van der Waals surface area contributed by atoms with Gasteiger partial charge in [-0.1, -0.05) is 47.4 Å². The quantitative estimate of drug-likeness (QED) is 0.180. The van der Waals surface area contributed by atoms with Gasteiger partial charge in [0.25, 0.3) is 5.91 Å². The maximum Gasteiger partial charge on any atom is 0.326 e. The number of unbranched alkanes of at least 4 members (excludes halogenated alkanes) is 1. The number of hydrogen-bond donors (Lipinski definition) is 3. The van der Waals surface area contributed by atoms with Crippen molar-refractivity contribution in [1.82, 2.24) is 25.4 Å². The smallest absolute Gasteiger partial charge is 0.326 e.